The van der Waals surface area contributed by atoms with Gasteiger partial charge in [0.05, 0.1) is 18.5 Å². The second kappa shape index (κ2) is 8.39. The smallest absolute Gasteiger partial charge is 0.154 e. The van der Waals surface area contributed by atoms with Crippen LogP contribution in [-0.4, -0.2) is 34.3 Å². The normalized spacial score (nSPS) is 11.7. The van der Waals surface area contributed by atoms with Crippen molar-refractivity contribution in [2.24, 2.45) is 11.1 Å². The number of benzene rings is 1. The zero-order valence-electron chi connectivity index (χ0n) is 16.4. The van der Waals surface area contributed by atoms with Crippen LogP contribution in [0.15, 0.2) is 42.6 Å². The first kappa shape index (κ1) is 19.2. The Labute approximate surface area is 160 Å². The lowest BCUT2D eigenvalue weighted by Gasteiger charge is -2.18. The number of fused-ring (bicyclic) bond motifs is 1. The highest BCUT2D eigenvalue weighted by molar-refractivity contribution is 5.64. The molecule has 3 rings (SSSR count). The summed E-state index contributed by atoms with van der Waals surface area (Å²) >= 11 is 0. The predicted molar refractivity (Wildman–Crippen MR) is 110 cm³/mol. The number of nitrogens with zero attached hydrogens (tertiary/aromatic N) is 3. The molecule has 0 aliphatic carbocycles. The van der Waals surface area contributed by atoms with Crippen LogP contribution < -0.4 is 15.8 Å². The number of hydrogen-bond donors (Lipinski definition) is 2. The van der Waals surface area contributed by atoms with Crippen LogP contribution in [0.2, 0.25) is 0 Å². The first-order chi connectivity index (χ1) is 13.0. The van der Waals surface area contributed by atoms with Gasteiger partial charge in [0, 0.05) is 12.1 Å². The summed E-state index contributed by atoms with van der Waals surface area (Å²) in [6, 6.07) is 12.0. The van der Waals surface area contributed by atoms with Crippen LogP contribution in [0.1, 0.15) is 33.6 Å². The number of nitrogens with two attached hydrogens (primary N) is 1. The topological polar surface area (TPSA) is 77.5 Å². The summed E-state index contributed by atoms with van der Waals surface area (Å²) in [4.78, 5) is 4.47. The van der Waals surface area contributed by atoms with Crippen LogP contribution in [0.3, 0.4) is 0 Å². The quantitative estimate of drug-likeness (QED) is 0.589. The molecule has 144 valence electrons. The third-order valence-electron chi connectivity index (χ3n) is 4.31. The number of anilines is 1. The van der Waals surface area contributed by atoms with Crippen molar-refractivity contribution in [2.45, 2.75) is 33.6 Å². The van der Waals surface area contributed by atoms with Gasteiger partial charge >= 0.3 is 0 Å². The Balaban J connectivity index is 1.75. The van der Waals surface area contributed by atoms with E-state index < -0.39 is 0 Å². The maximum absolute atomic E-state index is 5.67. The number of imidazole rings is 1. The molecule has 0 saturated heterocycles. The zero-order valence-corrected chi connectivity index (χ0v) is 16.4. The van der Waals surface area contributed by atoms with Gasteiger partial charge in [-0.25, -0.2) is 9.50 Å². The largest absolute Gasteiger partial charge is 0.494 e. The summed E-state index contributed by atoms with van der Waals surface area (Å²) in [5.74, 6) is 1.70. The molecular weight excluding hydrogens is 338 g/mol. The standard InChI is InChI=1S/C21H29N5O/c1-21(2,3)11-13-23-19-9-10-20-24-15-18(26(20)25-19)16-5-7-17(8-6-16)27-14-4-12-22/h5-10,15H,4,11-14,22H2,1-3H3,(H,23,25). The Kier molecular flexibility index (Phi) is 5.96. The van der Waals surface area contributed by atoms with Gasteiger partial charge in [-0.05, 0) is 61.2 Å². The fourth-order valence-electron chi connectivity index (χ4n) is 2.73. The molecule has 0 amide bonds. The Bertz CT molecular complexity index is 864. The van der Waals surface area contributed by atoms with E-state index in [4.69, 9.17) is 15.6 Å². The molecule has 3 N–H and O–H groups in total. The van der Waals surface area contributed by atoms with Gasteiger partial charge in [0.2, 0.25) is 0 Å². The SMILES string of the molecule is CC(C)(C)CCNc1ccc2ncc(-c3ccc(OCCCN)cc3)n2n1. The summed E-state index contributed by atoms with van der Waals surface area (Å²) in [7, 11) is 0. The third kappa shape index (κ3) is 5.20. The van der Waals surface area contributed by atoms with Crippen molar-refractivity contribution in [2.75, 3.05) is 25.0 Å². The molecule has 0 atom stereocenters. The Hall–Kier alpha value is -2.60. The molecule has 2 heterocycles. The van der Waals surface area contributed by atoms with Crippen molar-refractivity contribution in [3.05, 3.63) is 42.6 Å². The Morgan fingerprint density at radius 2 is 1.89 bits per heavy atom. The van der Waals surface area contributed by atoms with E-state index in [2.05, 4.69) is 31.1 Å². The molecule has 0 aliphatic heterocycles. The lowest BCUT2D eigenvalue weighted by atomic mass is 9.92. The molecule has 6 nitrogen and oxygen atoms in total. The fourth-order valence-corrected chi connectivity index (χ4v) is 2.73. The summed E-state index contributed by atoms with van der Waals surface area (Å²) in [6.07, 6.45) is 3.78. The Morgan fingerprint density at radius 1 is 1.11 bits per heavy atom. The fraction of sp³-hybridized carbons (Fsp3) is 0.429. The molecule has 0 aliphatic rings. The number of aromatic nitrogens is 3. The van der Waals surface area contributed by atoms with Crippen molar-refractivity contribution in [1.29, 1.82) is 0 Å². The zero-order chi connectivity index (χ0) is 19.3. The molecule has 0 unspecified atom stereocenters. The highest BCUT2D eigenvalue weighted by Crippen LogP contribution is 2.24. The average Bonchev–Trinajstić information content (AvgIpc) is 3.05. The number of nitrogens with one attached hydrogen (secondary N) is 1. The van der Waals surface area contributed by atoms with Crippen LogP contribution in [0.5, 0.6) is 5.75 Å². The predicted octanol–water partition coefficient (Wildman–Crippen LogP) is 3.97. The second-order valence-electron chi connectivity index (χ2n) is 7.88. The summed E-state index contributed by atoms with van der Waals surface area (Å²) in [5.41, 5.74) is 8.63. The van der Waals surface area contributed by atoms with E-state index in [0.29, 0.717) is 18.6 Å². The minimum atomic E-state index is 0.297. The molecule has 27 heavy (non-hydrogen) atoms. The van der Waals surface area contributed by atoms with Crippen molar-refractivity contribution in [3.8, 4) is 17.0 Å². The van der Waals surface area contributed by atoms with Gasteiger partial charge in [-0.15, -0.1) is 5.10 Å². The van der Waals surface area contributed by atoms with Gasteiger partial charge in [-0.3, -0.25) is 0 Å². The van der Waals surface area contributed by atoms with Crippen molar-refractivity contribution >= 4 is 11.5 Å². The molecule has 0 bridgehead atoms. The van der Waals surface area contributed by atoms with Crippen LogP contribution >= 0.6 is 0 Å². The summed E-state index contributed by atoms with van der Waals surface area (Å²) in [6.45, 7) is 8.88. The molecule has 2 aromatic heterocycles. The van der Waals surface area contributed by atoms with E-state index in [1.807, 2.05) is 47.1 Å². The third-order valence-corrected chi connectivity index (χ3v) is 4.31. The Morgan fingerprint density at radius 3 is 2.59 bits per heavy atom. The molecular formula is C21H29N5O. The van der Waals surface area contributed by atoms with Crippen LogP contribution in [-0.2, 0) is 0 Å². The minimum Gasteiger partial charge on any atom is -0.494 e. The van der Waals surface area contributed by atoms with Gasteiger partial charge in [0.25, 0.3) is 0 Å². The van der Waals surface area contributed by atoms with Gasteiger partial charge in [0.1, 0.15) is 11.6 Å². The van der Waals surface area contributed by atoms with Crippen molar-refractivity contribution in [1.82, 2.24) is 14.6 Å². The molecule has 0 spiro atoms. The van der Waals surface area contributed by atoms with Crippen molar-refractivity contribution < 1.29 is 4.74 Å². The minimum absolute atomic E-state index is 0.297. The van der Waals surface area contributed by atoms with E-state index in [1.54, 1.807) is 0 Å². The van der Waals surface area contributed by atoms with E-state index in [0.717, 1.165) is 47.9 Å². The first-order valence-corrected chi connectivity index (χ1v) is 9.48. The first-order valence-electron chi connectivity index (χ1n) is 9.48. The molecule has 0 fully saturated rings. The van der Waals surface area contributed by atoms with Crippen LogP contribution in [0.25, 0.3) is 16.9 Å². The van der Waals surface area contributed by atoms with E-state index >= 15 is 0 Å². The molecule has 1 aromatic carbocycles. The van der Waals surface area contributed by atoms with E-state index in [-0.39, 0.29) is 0 Å². The summed E-state index contributed by atoms with van der Waals surface area (Å²) < 4.78 is 7.55. The van der Waals surface area contributed by atoms with E-state index in [9.17, 15) is 0 Å². The molecule has 3 aromatic rings. The van der Waals surface area contributed by atoms with Gasteiger partial charge in [-0.1, -0.05) is 20.8 Å². The highest BCUT2D eigenvalue weighted by atomic mass is 16.5. The number of hydrogen-bond acceptors (Lipinski definition) is 5. The number of ether oxygens (including phenoxy) is 1. The second-order valence-corrected chi connectivity index (χ2v) is 7.88. The maximum atomic E-state index is 5.67. The lowest BCUT2D eigenvalue weighted by Crippen LogP contribution is -2.14. The van der Waals surface area contributed by atoms with Crippen molar-refractivity contribution in [3.63, 3.8) is 0 Å². The molecule has 0 saturated carbocycles. The highest BCUT2D eigenvalue weighted by Gasteiger charge is 2.11. The van der Waals surface area contributed by atoms with Gasteiger partial charge in [0.15, 0.2) is 5.65 Å². The van der Waals surface area contributed by atoms with E-state index in [1.165, 1.54) is 0 Å². The average molecular weight is 367 g/mol. The van der Waals surface area contributed by atoms with Crippen LogP contribution in [0, 0.1) is 5.41 Å². The van der Waals surface area contributed by atoms with Crippen LogP contribution in [0.4, 0.5) is 5.82 Å². The monoisotopic (exact) mass is 367 g/mol. The lowest BCUT2D eigenvalue weighted by molar-refractivity contribution is 0.313. The molecule has 0 radical (unpaired) electrons. The molecule has 6 heteroatoms. The van der Waals surface area contributed by atoms with Gasteiger partial charge in [-0.2, -0.15) is 0 Å². The summed E-state index contributed by atoms with van der Waals surface area (Å²) in [5, 5.41) is 8.12. The number of rotatable bonds is 8. The van der Waals surface area contributed by atoms with Gasteiger partial charge < -0.3 is 15.8 Å². The maximum Gasteiger partial charge on any atom is 0.154 e.